The Morgan fingerprint density at radius 2 is 1.70 bits per heavy atom. The molecule has 3 rings (SSSR count). The molecular formula is C20H16N2O5. The van der Waals surface area contributed by atoms with E-state index < -0.39 is 18.5 Å². The third kappa shape index (κ3) is 4.40. The van der Waals surface area contributed by atoms with Crippen molar-refractivity contribution in [2.24, 2.45) is 5.10 Å². The Morgan fingerprint density at radius 3 is 2.44 bits per heavy atom. The van der Waals surface area contributed by atoms with Gasteiger partial charge in [-0.3, -0.25) is 4.79 Å². The van der Waals surface area contributed by atoms with E-state index in [0.717, 1.165) is 10.8 Å². The number of aromatic hydroxyl groups is 1. The molecule has 0 bridgehead atoms. The fourth-order valence-corrected chi connectivity index (χ4v) is 2.49. The number of rotatable bonds is 6. The molecule has 0 heterocycles. The number of benzene rings is 3. The highest BCUT2D eigenvalue weighted by Gasteiger charge is 2.12. The number of ether oxygens (including phenoxy) is 1. The number of carboxylic acid groups (broad SMARTS) is 1. The largest absolute Gasteiger partial charge is 0.507 e. The summed E-state index contributed by atoms with van der Waals surface area (Å²) in [5.74, 6) is -1.49. The Labute approximate surface area is 154 Å². The van der Waals surface area contributed by atoms with Gasteiger partial charge < -0.3 is 14.9 Å². The number of hydrazone groups is 1. The topological polar surface area (TPSA) is 108 Å². The van der Waals surface area contributed by atoms with Crippen LogP contribution in [0.25, 0.3) is 10.8 Å². The van der Waals surface area contributed by atoms with Gasteiger partial charge in [0.2, 0.25) is 0 Å². The number of phenolic OH excluding ortho intramolecular Hbond substituents is 1. The number of para-hydroxylation sites is 1. The van der Waals surface area contributed by atoms with Crippen molar-refractivity contribution >= 4 is 28.9 Å². The van der Waals surface area contributed by atoms with Crippen LogP contribution in [0.4, 0.5) is 0 Å². The Hall–Kier alpha value is -3.87. The van der Waals surface area contributed by atoms with Gasteiger partial charge in [0.15, 0.2) is 6.61 Å². The number of carboxylic acids is 1. The van der Waals surface area contributed by atoms with Crippen molar-refractivity contribution in [2.75, 3.05) is 6.61 Å². The number of nitrogens with zero attached hydrogens (tertiary/aromatic N) is 1. The number of amides is 1. The number of fused-ring (bicyclic) bond motifs is 1. The summed E-state index contributed by atoms with van der Waals surface area (Å²) in [5, 5.41) is 24.3. The molecular weight excluding hydrogens is 348 g/mol. The van der Waals surface area contributed by atoms with E-state index in [9.17, 15) is 14.7 Å². The molecule has 0 saturated carbocycles. The van der Waals surface area contributed by atoms with Gasteiger partial charge in [-0.25, -0.2) is 10.2 Å². The minimum absolute atomic E-state index is 0.0984. The zero-order valence-corrected chi connectivity index (χ0v) is 14.1. The molecule has 136 valence electrons. The first-order valence-electron chi connectivity index (χ1n) is 8.03. The van der Waals surface area contributed by atoms with Crippen LogP contribution in [0.2, 0.25) is 0 Å². The van der Waals surface area contributed by atoms with Crippen LogP contribution in [-0.2, 0) is 4.79 Å². The monoisotopic (exact) mass is 364 g/mol. The molecule has 0 saturated heterocycles. The van der Waals surface area contributed by atoms with E-state index in [4.69, 9.17) is 9.84 Å². The van der Waals surface area contributed by atoms with Gasteiger partial charge in [0.25, 0.3) is 5.91 Å². The predicted octanol–water partition coefficient (Wildman–Crippen LogP) is 2.77. The van der Waals surface area contributed by atoms with Gasteiger partial charge in [-0.1, -0.05) is 36.4 Å². The third-order valence-corrected chi connectivity index (χ3v) is 3.75. The number of phenols is 1. The summed E-state index contributed by atoms with van der Waals surface area (Å²) in [6, 6.07) is 17.1. The average Bonchev–Trinajstić information content (AvgIpc) is 2.66. The molecule has 3 aromatic rings. The van der Waals surface area contributed by atoms with Crippen molar-refractivity contribution < 1.29 is 24.5 Å². The highest BCUT2D eigenvalue weighted by Crippen LogP contribution is 2.24. The highest BCUT2D eigenvalue weighted by molar-refractivity contribution is 6.01. The summed E-state index contributed by atoms with van der Waals surface area (Å²) in [5.41, 5.74) is 2.94. The molecule has 7 heteroatoms. The van der Waals surface area contributed by atoms with Gasteiger partial charge >= 0.3 is 5.97 Å². The number of carbonyl (C=O) groups excluding carboxylic acids is 1. The maximum atomic E-state index is 12.3. The second-order valence-electron chi connectivity index (χ2n) is 5.64. The number of hydrogen-bond donors (Lipinski definition) is 3. The van der Waals surface area contributed by atoms with E-state index in [0.29, 0.717) is 11.3 Å². The minimum atomic E-state index is -1.10. The van der Waals surface area contributed by atoms with Gasteiger partial charge in [-0.05, 0) is 35.0 Å². The molecule has 0 aromatic heterocycles. The van der Waals surface area contributed by atoms with Crippen molar-refractivity contribution in [3.05, 3.63) is 71.8 Å². The van der Waals surface area contributed by atoms with Crippen molar-refractivity contribution in [1.29, 1.82) is 0 Å². The summed E-state index contributed by atoms with van der Waals surface area (Å²) < 4.78 is 5.16. The van der Waals surface area contributed by atoms with E-state index in [2.05, 4.69) is 10.5 Å². The lowest BCUT2D eigenvalue weighted by atomic mass is 10.1. The molecule has 1 amide bonds. The molecule has 7 nitrogen and oxygen atoms in total. The quantitative estimate of drug-likeness (QED) is 0.460. The first kappa shape index (κ1) is 17.9. The van der Waals surface area contributed by atoms with Crippen molar-refractivity contribution in [1.82, 2.24) is 5.43 Å². The molecule has 27 heavy (non-hydrogen) atoms. The first-order chi connectivity index (χ1) is 13.0. The first-order valence-corrected chi connectivity index (χ1v) is 8.03. The van der Waals surface area contributed by atoms with Gasteiger partial charge in [0.1, 0.15) is 11.5 Å². The number of nitrogens with one attached hydrogen (secondary N) is 1. The standard InChI is InChI=1S/C20H16N2O5/c23-17-10-14-6-2-1-5-13(14)9-16(17)20(26)22-21-11-15-7-3-4-8-18(15)27-12-19(24)25/h1-11,23H,12H2,(H,22,26)(H,24,25)/b21-11-. The minimum Gasteiger partial charge on any atom is -0.507 e. The number of hydrogen-bond acceptors (Lipinski definition) is 5. The van der Waals surface area contributed by atoms with Crippen LogP contribution in [0.15, 0.2) is 65.8 Å². The third-order valence-electron chi connectivity index (χ3n) is 3.75. The zero-order valence-electron chi connectivity index (χ0n) is 14.1. The number of carbonyl (C=O) groups is 2. The Balaban J connectivity index is 1.74. The number of aliphatic carboxylic acids is 1. The average molecular weight is 364 g/mol. The maximum Gasteiger partial charge on any atom is 0.341 e. The predicted molar refractivity (Wildman–Crippen MR) is 100 cm³/mol. The van der Waals surface area contributed by atoms with Gasteiger partial charge in [0.05, 0.1) is 11.8 Å². The smallest absolute Gasteiger partial charge is 0.341 e. The highest BCUT2D eigenvalue weighted by atomic mass is 16.5. The second-order valence-corrected chi connectivity index (χ2v) is 5.64. The Bertz CT molecular complexity index is 1030. The molecule has 0 atom stereocenters. The van der Waals surface area contributed by atoms with Crippen LogP contribution in [0.1, 0.15) is 15.9 Å². The Kier molecular flexibility index (Phi) is 5.32. The van der Waals surface area contributed by atoms with Crippen LogP contribution < -0.4 is 10.2 Å². The molecule has 3 aromatic carbocycles. The van der Waals surface area contributed by atoms with Gasteiger partial charge in [-0.2, -0.15) is 5.10 Å². The fourth-order valence-electron chi connectivity index (χ4n) is 2.49. The molecule has 3 N–H and O–H groups in total. The normalized spacial score (nSPS) is 10.8. The Morgan fingerprint density at radius 1 is 1.04 bits per heavy atom. The molecule has 0 fully saturated rings. The second kappa shape index (κ2) is 8.01. The summed E-state index contributed by atoms with van der Waals surface area (Å²) in [4.78, 5) is 22.9. The summed E-state index contributed by atoms with van der Waals surface area (Å²) >= 11 is 0. The van der Waals surface area contributed by atoms with Gasteiger partial charge in [-0.15, -0.1) is 0 Å². The molecule has 0 aliphatic rings. The summed E-state index contributed by atoms with van der Waals surface area (Å²) in [6.07, 6.45) is 1.34. The lowest BCUT2D eigenvalue weighted by Gasteiger charge is -2.07. The molecule has 0 radical (unpaired) electrons. The molecule has 0 unspecified atom stereocenters. The van der Waals surface area contributed by atoms with Crippen LogP contribution in [0.3, 0.4) is 0 Å². The van der Waals surface area contributed by atoms with E-state index in [1.165, 1.54) is 12.3 Å². The zero-order chi connectivity index (χ0) is 19.2. The molecule has 0 aliphatic heterocycles. The lowest BCUT2D eigenvalue weighted by molar-refractivity contribution is -0.139. The van der Waals surface area contributed by atoms with E-state index in [1.54, 1.807) is 30.3 Å². The van der Waals surface area contributed by atoms with Crippen LogP contribution in [0.5, 0.6) is 11.5 Å². The maximum absolute atomic E-state index is 12.3. The van der Waals surface area contributed by atoms with E-state index in [-0.39, 0.29) is 11.3 Å². The fraction of sp³-hybridized carbons (Fsp3) is 0.0500. The summed E-state index contributed by atoms with van der Waals surface area (Å²) in [6.45, 7) is -0.484. The SMILES string of the molecule is O=C(O)COc1ccccc1/C=N\NC(=O)c1cc2ccccc2cc1O. The van der Waals surface area contributed by atoms with Crippen molar-refractivity contribution in [3.8, 4) is 11.5 Å². The van der Waals surface area contributed by atoms with Crippen molar-refractivity contribution in [2.45, 2.75) is 0 Å². The van der Waals surface area contributed by atoms with Crippen LogP contribution >= 0.6 is 0 Å². The summed E-state index contributed by atoms with van der Waals surface area (Å²) in [7, 11) is 0. The lowest BCUT2D eigenvalue weighted by Crippen LogP contribution is -2.18. The van der Waals surface area contributed by atoms with E-state index in [1.807, 2.05) is 24.3 Å². The van der Waals surface area contributed by atoms with E-state index >= 15 is 0 Å². The van der Waals surface area contributed by atoms with Gasteiger partial charge in [0, 0.05) is 5.56 Å². The van der Waals surface area contributed by atoms with Crippen LogP contribution in [-0.4, -0.2) is 34.9 Å². The molecule has 0 aliphatic carbocycles. The molecule has 0 spiro atoms. The van der Waals surface area contributed by atoms with Crippen molar-refractivity contribution in [3.63, 3.8) is 0 Å². The van der Waals surface area contributed by atoms with Crippen LogP contribution in [0, 0.1) is 0 Å².